The Morgan fingerprint density at radius 3 is 2.33 bits per heavy atom. The molecule has 1 saturated heterocycles. The lowest BCUT2D eigenvalue weighted by Gasteiger charge is -2.34. The van der Waals surface area contributed by atoms with E-state index in [1.54, 1.807) is 0 Å². The molecule has 2 amide bonds. The molecule has 1 aromatic carbocycles. The highest BCUT2D eigenvalue weighted by Crippen LogP contribution is 2.32. The summed E-state index contributed by atoms with van der Waals surface area (Å²) in [6.45, 7) is 0.704. The van der Waals surface area contributed by atoms with E-state index < -0.39 is 35.0 Å². The number of alkyl halides is 3. The van der Waals surface area contributed by atoms with Crippen LogP contribution in [-0.4, -0.2) is 67.9 Å². The van der Waals surface area contributed by atoms with Gasteiger partial charge in [-0.15, -0.1) is 13.2 Å². The van der Waals surface area contributed by atoms with E-state index in [0.717, 1.165) is 18.5 Å². The number of ether oxygens (including phenoxy) is 1. The summed E-state index contributed by atoms with van der Waals surface area (Å²) < 4.78 is 68.2. The van der Waals surface area contributed by atoms with Crippen LogP contribution in [0, 0.1) is 0 Å². The molecule has 10 nitrogen and oxygen atoms in total. The summed E-state index contributed by atoms with van der Waals surface area (Å²) in [5.74, 6) is -1.76. The molecule has 3 rings (SSSR count). The minimum absolute atomic E-state index is 0.111. The number of anilines is 1. The molecular weight excluding hydrogens is 433 g/mol. The van der Waals surface area contributed by atoms with Crippen molar-refractivity contribution in [2.24, 2.45) is 0 Å². The van der Waals surface area contributed by atoms with Gasteiger partial charge in [0.2, 0.25) is 0 Å². The number of carbonyl (C=O) groups excluding carboxylic acids is 2. The number of piperazine rings is 1. The van der Waals surface area contributed by atoms with E-state index >= 15 is 0 Å². The van der Waals surface area contributed by atoms with Crippen molar-refractivity contribution in [2.45, 2.75) is 6.36 Å². The summed E-state index contributed by atoms with van der Waals surface area (Å²) in [4.78, 5) is 31.5. The number of benzene rings is 1. The summed E-state index contributed by atoms with van der Waals surface area (Å²) in [7, 11) is 0. The minimum Gasteiger partial charge on any atom is -0.451 e. The van der Waals surface area contributed by atoms with E-state index in [0.29, 0.717) is 0 Å². The number of nitrogens with zero attached hydrogens (tertiary/aromatic N) is 3. The molecule has 1 unspecified atom stereocenters. The number of rotatable bonds is 5. The molecular formula is C16H15F3N4O6S. The molecule has 2 heterocycles. The second-order valence-electron chi connectivity index (χ2n) is 6.07. The van der Waals surface area contributed by atoms with Gasteiger partial charge in [-0.1, -0.05) is 0 Å². The molecule has 2 N–H and O–H groups in total. The maximum absolute atomic E-state index is 12.7. The van der Waals surface area contributed by atoms with Crippen molar-refractivity contribution in [1.29, 1.82) is 0 Å². The molecule has 0 aliphatic carbocycles. The lowest BCUT2D eigenvalue weighted by molar-refractivity contribution is -0.274. The average molecular weight is 448 g/mol. The van der Waals surface area contributed by atoms with Gasteiger partial charge >= 0.3 is 6.36 Å². The third kappa shape index (κ3) is 5.27. The molecule has 0 spiro atoms. The number of nitrogens with one attached hydrogen (secondary N) is 1. The number of hydrogen-bond acceptors (Lipinski definition) is 6. The van der Waals surface area contributed by atoms with Crippen LogP contribution in [0.25, 0.3) is 0 Å². The highest BCUT2D eigenvalue weighted by Gasteiger charge is 2.33. The van der Waals surface area contributed by atoms with Crippen molar-refractivity contribution in [3.8, 4) is 5.75 Å². The molecule has 0 saturated carbocycles. The molecule has 1 aliphatic heterocycles. The number of aromatic nitrogens is 1. The first-order valence-electron chi connectivity index (χ1n) is 8.38. The van der Waals surface area contributed by atoms with Gasteiger partial charge in [-0.2, -0.15) is 0 Å². The molecule has 162 valence electrons. The van der Waals surface area contributed by atoms with Crippen molar-refractivity contribution in [1.82, 2.24) is 14.8 Å². The fourth-order valence-electron chi connectivity index (χ4n) is 2.82. The fraction of sp³-hybridized carbons (Fsp3) is 0.312. The first-order chi connectivity index (χ1) is 14.1. The van der Waals surface area contributed by atoms with Gasteiger partial charge in [0.25, 0.3) is 23.1 Å². The molecule has 1 atom stereocenters. The van der Waals surface area contributed by atoms with Crippen molar-refractivity contribution >= 4 is 28.8 Å². The molecule has 1 fully saturated rings. The van der Waals surface area contributed by atoms with Crippen molar-refractivity contribution in [3.63, 3.8) is 0 Å². The molecule has 0 radical (unpaired) electrons. The molecule has 14 heteroatoms. The van der Waals surface area contributed by atoms with Crippen molar-refractivity contribution in [3.05, 3.63) is 42.1 Å². The van der Waals surface area contributed by atoms with Gasteiger partial charge < -0.3 is 19.0 Å². The van der Waals surface area contributed by atoms with Gasteiger partial charge in [-0.3, -0.25) is 18.9 Å². The maximum atomic E-state index is 12.7. The van der Waals surface area contributed by atoms with Crippen LogP contribution in [0.4, 0.5) is 18.9 Å². The Bertz CT molecular complexity index is 945. The third-order valence-corrected chi connectivity index (χ3v) is 4.55. The van der Waals surface area contributed by atoms with Crippen LogP contribution >= 0.6 is 0 Å². The van der Waals surface area contributed by atoms with Gasteiger partial charge in [-0.25, -0.2) is 9.19 Å². The highest BCUT2D eigenvalue weighted by molar-refractivity contribution is 7.80. The number of carbonyl (C=O) groups is 2. The van der Waals surface area contributed by atoms with Crippen LogP contribution in [0.2, 0.25) is 0 Å². The lowest BCUT2D eigenvalue weighted by atomic mass is 10.1. The summed E-state index contributed by atoms with van der Waals surface area (Å²) in [5, 5.41) is 0. The van der Waals surface area contributed by atoms with Crippen LogP contribution in [0.1, 0.15) is 20.8 Å². The Hall–Kier alpha value is -3.13. The number of oxazole rings is 1. The SMILES string of the molecule is O=C(c1ccc(NS(=O)O)c(OC(F)(F)F)c1)N1CCN(C(=O)c2cocn2)CC1. The minimum atomic E-state index is -5.07. The van der Waals surface area contributed by atoms with Gasteiger partial charge in [0.05, 0.1) is 5.69 Å². The Balaban J connectivity index is 1.71. The zero-order valence-corrected chi connectivity index (χ0v) is 15.9. The molecule has 2 aromatic rings. The van der Waals surface area contributed by atoms with Crippen LogP contribution < -0.4 is 9.46 Å². The first kappa shape index (κ1) is 21.6. The van der Waals surface area contributed by atoms with E-state index in [9.17, 15) is 27.0 Å². The van der Waals surface area contributed by atoms with Gasteiger partial charge in [0.1, 0.15) is 6.26 Å². The van der Waals surface area contributed by atoms with Crippen LogP contribution in [-0.2, 0) is 11.3 Å². The Kier molecular flexibility index (Phi) is 6.26. The molecule has 30 heavy (non-hydrogen) atoms. The van der Waals surface area contributed by atoms with E-state index in [-0.39, 0.29) is 43.3 Å². The van der Waals surface area contributed by atoms with Crippen molar-refractivity contribution < 1.29 is 40.7 Å². The summed E-state index contributed by atoms with van der Waals surface area (Å²) >= 11 is -2.64. The second-order valence-corrected chi connectivity index (χ2v) is 6.77. The van der Waals surface area contributed by atoms with Gasteiger partial charge in [0, 0.05) is 31.7 Å². The van der Waals surface area contributed by atoms with Gasteiger partial charge in [0.15, 0.2) is 17.8 Å². The normalized spacial score (nSPS) is 15.6. The zero-order chi connectivity index (χ0) is 21.9. The number of amides is 2. The highest BCUT2D eigenvalue weighted by atomic mass is 32.2. The maximum Gasteiger partial charge on any atom is 0.573 e. The van der Waals surface area contributed by atoms with Crippen LogP contribution in [0.5, 0.6) is 5.75 Å². The second kappa shape index (κ2) is 8.71. The number of halogens is 3. The van der Waals surface area contributed by atoms with Crippen molar-refractivity contribution in [2.75, 3.05) is 30.9 Å². The van der Waals surface area contributed by atoms with E-state index in [4.69, 9.17) is 8.97 Å². The van der Waals surface area contributed by atoms with Gasteiger partial charge in [-0.05, 0) is 18.2 Å². The molecule has 1 aromatic heterocycles. The fourth-order valence-corrected chi connectivity index (χ4v) is 3.17. The lowest BCUT2D eigenvalue weighted by Crippen LogP contribution is -2.50. The standard InChI is InChI=1S/C16H15F3N4O6S/c17-16(18,19)29-13-7-10(1-2-11(13)21-30(26)27)14(24)22-3-5-23(6-4-22)15(25)12-8-28-9-20-12/h1-2,7-9,21H,3-6H2,(H,26,27). The average Bonchev–Trinajstić information content (AvgIpc) is 3.21. The topological polar surface area (TPSA) is 125 Å². The van der Waals surface area contributed by atoms with Crippen LogP contribution in [0.15, 0.2) is 35.3 Å². The molecule has 0 bridgehead atoms. The van der Waals surface area contributed by atoms with Crippen LogP contribution in [0.3, 0.4) is 0 Å². The Labute approximate surface area is 170 Å². The summed E-state index contributed by atoms with van der Waals surface area (Å²) in [6.07, 6.45) is -2.74. The summed E-state index contributed by atoms with van der Waals surface area (Å²) in [5.41, 5.74) is -0.388. The van der Waals surface area contributed by atoms with E-state index in [2.05, 4.69) is 9.72 Å². The Morgan fingerprint density at radius 2 is 1.80 bits per heavy atom. The third-order valence-electron chi connectivity index (χ3n) is 4.16. The summed E-state index contributed by atoms with van der Waals surface area (Å²) in [6, 6.07) is 3.07. The van der Waals surface area contributed by atoms with E-state index in [1.807, 2.05) is 4.72 Å². The first-order valence-corrected chi connectivity index (χ1v) is 9.49. The zero-order valence-electron chi connectivity index (χ0n) is 15.1. The van der Waals surface area contributed by atoms with E-state index in [1.165, 1.54) is 22.1 Å². The largest absolute Gasteiger partial charge is 0.573 e. The predicted molar refractivity (Wildman–Crippen MR) is 95.8 cm³/mol. The molecule has 1 aliphatic rings. The predicted octanol–water partition coefficient (Wildman–Crippen LogP) is 1.72. The quantitative estimate of drug-likeness (QED) is 0.667. The number of hydrogen-bond donors (Lipinski definition) is 2. The monoisotopic (exact) mass is 448 g/mol. The smallest absolute Gasteiger partial charge is 0.451 e. The Morgan fingerprint density at radius 1 is 1.17 bits per heavy atom.